The molecule has 1 saturated carbocycles. The third-order valence-electron chi connectivity index (χ3n) is 4.15. The van der Waals surface area contributed by atoms with Gasteiger partial charge >= 0.3 is 0 Å². The van der Waals surface area contributed by atoms with Crippen LogP contribution in [0.1, 0.15) is 39.3 Å². The minimum Gasteiger partial charge on any atom is -0.320 e. The van der Waals surface area contributed by atoms with Crippen molar-refractivity contribution < 1.29 is 9.18 Å². The lowest BCUT2D eigenvalue weighted by atomic mass is 10.1. The van der Waals surface area contributed by atoms with Gasteiger partial charge in [-0.15, -0.1) is 11.3 Å². The maximum absolute atomic E-state index is 13.4. The number of thiazole rings is 1. The second-order valence-electron chi connectivity index (χ2n) is 5.96. The number of carbonyl (C=O) groups excluding carboxylic acids is 1. The average molecular weight is 318 g/mol. The number of nitrogens with zero attached hydrogens (tertiary/aromatic N) is 2. The molecular formula is C17H19FN2OS. The lowest BCUT2D eigenvalue weighted by Crippen LogP contribution is -2.19. The molecule has 0 aliphatic heterocycles. The van der Waals surface area contributed by atoms with Crippen LogP contribution in [0, 0.1) is 32.5 Å². The zero-order valence-corrected chi connectivity index (χ0v) is 13.8. The largest absolute Gasteiger partial charge is 0.320 e. The first-order valence-electron chi connectivity index (χ1n) is 7.47. The van der Waals surface area contributed by atoms with Crippen molar-refractivity contribution in [3.8, 4) is 0 Å². The minimum atomic E-state index is -0.409. The predicted octanol–water partition coefficient (Wildman–Crippen LogP) is 3.77. The van der Waals surface area contributed by atoms with Crippen molar-refractivity contribution in [1.29, 1.82) is 0 Å². The molecule has 1 heterocycles. The molecule has 0 radical (unpaired) electrons. The Morgan fingerprint density at radius 1 is 1.36 bits per heavy atom. The van der Waals surface area contributed by atoms with Gasteiger partial charge in [0.2, 0.25) is 0 Å². The number of aryl methyl sites for hydroxylation is 2. The van der Waals surface area contributed by atoms with Crippen LogP contribution in [-0.4, -0.2) is 10.5 Å². The summed E-state index contributed by atoms with van der Waals surface area (Å²) in [5.74, 6) is -0.0750. The van der Waals surface area contributed by atoms with Crippen LogP contribution in [0.3, 0.4) is 0 Å². The van der Waals surface area contributed by atoms with Crippen LogP contribution in [0.5, 0.6) is 0 Å². The number of rotatable bonds is 3. The fourth-order valence-corrected chi connectivity index (χ4v) is 3.41. The number of halogens is 1. The van der Waals surface area contributed by atoms with Crippen LogP contribution in [0.2, 0.25) is 0 Å². The van der Waals surface area contributed by atoms with Gasteiger partial charge in [0.1, 0.15) is 5.82 Å². The third kappa shape index (κ3) is 3.04. The Labute approximate surface area is 133 Å². The molecule has 1 amide bonds. The lowest BCUT2D eigenvalue weighted by molar-refractivity contribution is 0.0996. The Balaban J connectivity index is 2.02. The van der Waals surface area contributed by atoms with E-state index in [1.807, 2.05) is 6.92 Å². The van der Waals surface area contributed by atoms with Crippen LogP contribution >= 0.6 is 11.3 Å². The van der Waals surface area contributed by atoms with E-state index < -0.39 is 5.82 Å². The molecule has 1 aromatic carbocycles. The van der Waals surface area contributed by atoms with Crippen LogP contribution in [0.15, 0.2) is 23.2 Å². The van der Waals surface area contributed by atoms with Crippen LogP contribution in [-0.2, 0) is 6.54 Å². The maximum atomic E-state index is 13.4. The summed E-state index contributed by atoms with van der Waals surface area (Å²) in [6.45, 7) is 6.82. The van der Waals surface area contributed by atoms with E-state index in [9.17, 15) is 9.18 Å². The highest BCUT2D eigenvalue weighted by Crippen LogP contribution is 2.31. The highest BCUT2D eigenvalue weighted by molar-refractivity contribution is 7.09. The number of amides is 1. The Hall–Kier alpha value is -1.75. The highest BCUT2D eigenvalue weighted by atomic mass is 32.1. The highest BCUT2D eigenvalue weighted by Gasteiger charge is 2.23. The number of carbonyl (C=O) groups is 1. The van der Waals surface area contributed by atoms with Gasteiger partial charge in [0, 0.05) is 22.7 Å². The molecule has 0 atom stereocenters. The molecule has 3 nitrogen and oxygen atoms in total. The van der Waals surface area contributed by atoms with Gasteiger partial charge < -0.3 is 4.57 Å². The van der Waals surface area contributed by atoms with E-state index in [2.05, 4.69) is 16.5 Å². The van der Waals surface area contributed by atoms with E-state index in [4.69, 9.17) is 0 Å². The maximum Gasteiger partial charge on any atom is 0.280 e. The smallest absolute Gasteiger partial charge is 0.280 e. The molecule has 116 valence electrons. The summed E-state index contributed by atoms with van der Waals surface area (Å²) < 4.78 is 15.5. The first-order chi connectivity index (χ1) is 10.5. The van der Waals surface area contributed by atoms with Gasteiger partial charge in [0.15, 0.2) is 4.80 Å². The summed E-state index contributed by atoms with van der Waals surface area (Å²) in [4.78, 5) is 18.6. The summed E-state index contributed by atoms with van der Waals surface area (Å²) in [7, 11) is 0. The van der Waals surface area contributed by atoms with Crippen molar-refractivity contribution >= 4 is 17.2 Å². The molecule has 3 rings (SSSR count). The van der Waals surface area contributed by atoms with Crippen molar-refractivity contribution in [1.82, 2.24) is 4.57 Å². The standard InChI is InChI=1S/C17H19FN2OS/c1-10-4-7-14(18)8-15(10)16(21)19-17-20(9-13-5-6-13)11(2)12(3)22-17/h4,7-8,13H,5-6,9H2,1-3H3/b19-17-. The number of hydrogen-bond donors (Lipinski definition) is 0. The monoisotopic (exact) mass is 318 g/mol. The summed E-state index contributed by atoms with van der Waals surface area (Å²) in [5, 5.41) is 0. The summed E-state index contributed by atoms with van der Waals surface area (Å²) in [6, 6.07) is 4.24. The normalized spacial score (nSPS) is 15.4. The fourth-order valence-electron chi connectivity index (χ4n) is 2.43. The molecule has 1 aliphatic carbocycles. The number of benzene rings is 1. The van der Waals surface area contributed by atoms with Gasteiger partial charge in [-0.2, -0.15) is 4.99 Å². The molecule has 0 bridgehead atoms. The zero-order valence-electron chi connectivity index (χ0n) is 13.0. The minimum absolute atomic E-state index is 0.335. The molecule has 22 heavy (non-hydrogen) atoms. The lowest BCUT2D eigenvalue weighted by Gasteiger charge is -2.05. The molecule has 0 N–H and O–H groups in total. The molecular weight excluding hydrogens is 299 g/mol. The molecule has 1 aromatic heterocycles. The molecule has 0 saturated heterocycles. The third-order valence-corrected chi connectivity index (χ3v) is 5.25. The van der Waals surface area contributed by atoms with Crippen molar-refractivity contribution in [2.24, 2.45) is 10.9 Å². The van der Waals surface area contributed by atoms with Gasteiger partial charge in [0.25, 0.3) is 5.91 Å². The van der Waals surface area contributed by atoms with Crippen LogP contribution in [0.25, 0.3) is 0 Å². The van der Waals surface area contributed by atoms with E-state index in [0.717, 1.165) is 16.9 Å². The molecule has 1 fully saturated rings. The summed E-state index contributed by atoms with van der Waals surface area (Å²) in [5.41, 5.74) is 2.25. The number of aromatic nitrogens is 1. The summed E-state index contributed by atoms with van der Waals surface area (Å²) in [6.07, 6.45) is 2.50. The van der Waals surface area contributed by atoms with Gasteiger partial charge in [-0.25, -0.2) is 4.39 Å². The molecule has 0 spiro atoms. The van der Waals surface area contributed by atoms with Gasteiger partial charge in [-0.3, -0.25) is 4.79 Å². The molecule has 0 unspecified atom stereocenters. The Kier molecular flexibility index (Phi) is 4.00. The van der Waals surface area contributed by atoms with Crippen molar-refractivity contribution in [2.75, 3.05) is 0 Å². The summed E-state index contributed by atoms with van der Waals surface area (Å²) >= 11 is 1.53. The van der Waals surface area contributed by atoms with Crippen molar-refractivity contribution in [3.63, 3.8) is 0 Å². The van der Waals surface area contributed by atoms with E-state index in [-0.39, 0.29) is 5.91 Å². The molecule has 5 heteroatoms. The molecule has 2 aromatic rings. The van der Waals surface area contributed by atoms with E-state index in [1.54, 1.807) is 13.0 Å². The predicted molar refractivity (Wildman–Crippen MR) is 85.5 cm³/mol. The SMILES string of the molecule is Cc1ccc(F)cc1C(=O)/N=c1\sc(C)c(C)n1CC1CC1. The second-order valence-corrected chi connectivity index (χ2v) is 7.14. The molecule has 1 aliphatic rings. The zero-order chi connectivity index (χ0) is 15.9. The van der Waals surface area contributed by atoms with Crippen LogP contribution < -0.4 is 4.80 Å². The Bertz CT molecular complexity index is 799. The fraction of sp³-hybridized carbons (Fsp3) is 0.412. The van der Waals surface area contributed by atoms with Crippen LogP contribution in [0.4, 0.5) is 4.39 Å². The van der Waals surface area contributed by atoms with Gasteiger partial charge in [-0.1, -0.05) is 6.07 Å². The topological polar surface area (TPSA) is 34.4 Å². The Morgan fingerprint density at radius 2 is 2.09 bits per heavy atom. The van der Waals surface area contributed by atoms with E-state index in [1.165, 1.54) is 46.9 Å². The van der Waals surface area contributed by atoms with E-state index >= 15 is 0 Å². The van der Waals surface area contributed by atoms with Gasteiger partial charge in [0.05, 0.1) is 0 Å². The second kappa shape index (κ2) is 5.80. The van der Waals surface area contributed by atoms with Crippen molar-refractivity contribution in [2.45, 2.75) is 40.2 Å². The average Bonchev–Trinajstić information content (AvgIpc) is 3.25. The number of hydrogen-bond acceptors (Lipinski definition) is 2. The first-order valence-corrected chi connectivity index (χ1v) is 8.29. The quantitative estimate of drug-likeness (QED) is 0.848. The van der Waals surface area contributed by atoms with Gasteiger partial charge in [-0.05, 0) is 57.2 Å². The first kappa shape index (κ1) is 15.2. The Morgan fingerprint density at radius 3 is 2.77 bits per heavy atom. The van der Waals surface area contributed by atoms with Crippen molar-refractivity contribution in [3.05, 3.63) is 50.5 Å². The van der Waals surface area contributed by atoms with E-state index in [0.29, 0.717) is 11.5 Å².